The molecule has 0 spiro atoms. The highest BCUT2D eigenvalue weighted by molar-refractivity contribution is 6.46. The number of benzene rings is 3. The van der Waals surface area contributed by atoms with Crippen molar-refractivity contribution in [3.8, 4) is 5.75 Å². The second kappa shape index (κ2) is 8.43. The highest BCUT2D eigenvalue weighted by Crippen LogP contribution is 2.38. The molecule has 0 bridgehead atoms. The number of hydrogen-bond acceptors (Lipinski definition) is 4. The van der Waals surface area contributed by atoms with E-state index in [1.54, 1.807) is 49.4 Å². The Morgan fingerprint density at radius 2 is 1.69 bits per heavy atom. The maximum atomic E-state index is 13.9. The van der Waals surface area contributed by atoms with Gasteiger partial charge in [-0.3, -0.25) is 9.59 Å². The topological polar surface area (TPSA) is 58.6 Å². The monoisotopic (exact) mass is 454 g/mol. The van der Waals surface area contributed by atoms with Crippen LogP contribution in [0.25, 0.3) is 5.57 Å². The zero-order valence-corrected chi connectivity index (χ0v) is 17.8. The quantitative estimate of drug-likeness (QED) is 0.529. The van der Waals surface area contributed by atoms with Gasteiger partial charge in [0.2, 0.25) is 0 Å². The molecule has 0 atom stereocenters. The highest BCUT2D eigenvalue weighted by Gasteiger charge is 2.41. The summed E-state index contributed by atoms with van der Waals surface area (Å²) in [5, 5.41) is 3.49. The Labute approximate surface area is 187 Å². The third kappa shape index (κ3) is 3.61. The van der Waals surface area contributed by atoms with E-state index >= 15 is 0 Å². The van der Waals surface area contributed by atoms with E-state index in [0.29, 0.717) is 27.6 Å². The molecule has 32 heavy (non-hydrogen) atoms. The van der Waals surface area contributed by atoms with Gasteiger partial charge in [0, 0.05) is 22.3 Å². The van der Waals surface area contributed by atoms with E-state index in [9.17, 15) is 18.4 Å². The fourth-order valence-corrected chi connectivity index (χ4v) is 3.66. The van der Waals surface area contributed by atoms with Gasteiger partial charge in [0.05, 0.1) is 18.4 Å². The van der Waals surface area contributed by atoms with Gasteiger partial charge >= 0.3 is 0 Å². The summed E-state index contributed by atoms with van der Waals surface area (Å²) in [5.41, 5.74) is 1.48. The highest BCUT2D eigenvalue weighted by atomic mass is 35.5. The lowest BCUT2D eigenvalue weighted by molar-refractivity contribution is -0.120. The Bertz CT molecular complexity index is 1290. The second-order valence-corrected chi connectivity index (χ2v) is 7.44. The molecule has 0 saturated heterocycles. The fourth-order valence-electron chi connectivity index (χ4n) is 3.48. The molecule has 0 fully saturated rings. The number of nitrogens with zero attached hydrogens (tertiary/aromatic N) is 1. The molecule has 0 saturated carbocycles. The van der Waals surface area contributed by atoms with Crippen LogP contribution >= 0.6 is 11.6 Å². The lowest BCUT2D eigenvalue weighted by Crippen LogP contribution is -2.32. The summed E-state index contributed by atoms with van der Waals surface area (Å²) >= 11 is 6.21. The fraction of sp³-hybridized carbons (Fsp3) is 0.0833. The van der Waals surface area contributed by atoms with Crippen molar-refractivity contribution in [2.24, 2.45) is 0 Å². The van der Waals surface area contributed by atoms with Crippen LogP contribution in [0.2, 0.25) is 5.02 Å². The van der Waals surface area contributed by atoms with Gasteiger partial charge < -0.3 is 10.1 Å². The van der Waals surface area contributed by atoms with Crippen molar-refractivity contribution in [2.75, 3.05) is 17.3 Å². The van der Waals surface area contributed by atoms with Crippen molar-refractivity contribution in [1.29, 1.82) is 0 Å². The Morgan fingerprint density at radius 1 is 0.938 bits per heavy atom. The average molecular weight is 455 g/mol. The van der Waals surface area contributed by atoms with E-state index in [1.807, 2.05) is 0 Å². The summed E-state index contributed by atoms with van der Waals surface area (Å²) in [7, 11) is 1.45. The number of rotatable bonds is 5. The number of carbonyl (C=O) groups is 2. The Kier molecular flexibility index (Phi) is 5.67. The van der Waals surface area contributed by atoms with Gasteiger partial charge in [-0.25, -0.2) is 13.7 Å². The summed E-state index contributed by atoms with van der Waals surface area (Å²) in [6.45, 7) is 1.77. The molecule has 0 aliphatic carbocycles. The van der Waals surface area contributed by atoms with E-state index in [2.05, 4.69) is 5.32 Å². The molecule has 0 unspecified atom stereocenters. The number of carbonyl (C=O) groups excluding carboxylic acids is 2. The van der Waals surface area contributed by atoms with Gasteiger partial charge in [-0.15, -0.1) is 0 Å². The van der Waals surface area contributed by atoms with Crippen LogP contribution < -0.4 is 15.0 Å². The zero-order chi connectivity index (χ0) is 23.0. The molecule has 0 radical (unpaired) electrons. The molecule has 3 aromatic carbocycles. The van der Waals surface area contributed by atoms with Crippen LogP contribution in [0.15, 0.2) is 66.4 Å². The molecule has 1 heterocycles. The van der Waals surface area contributed by atoms with Crippen molar-refractivity contribution in [2.45, 2.75) is 6.92 Å². The number of methoxy groups -OCH3 is 1. The predicted molar refractivity (Wildman–Crippen MR) is 119 cm³/mol. The summed E-state index contributed by atoms with van der Waals surface area (Å²) in [5.74, 6) is -3.31. The second-order valence-electron chi connectivity index (χ2n) is 7.03. The van der Waals surface area contributed by atoms with E-state index in [4.69, 9.17) is 16.3 Å². The van der Waals surface area contributed by atoms with Crippen LogP contribution in [0, 0.1) is 18.6 Å². The molecule has 4 rings (SSSR count). The zero-order valence-electron chi connectivity index (χ0n) is 17.1. The minimum absolute atomic E-state index is 0.0328. The number of para-hydroxylation sites is 1. The third-order valence-electron chi connectivity index (χ3n) is 5.15. The molecule has 0 aromatic heterocycles. The lowest BCUT2D eigenvalue weighted by Gasteiger charge is -2.16. The number of ether oxygens (including phenoxy) is 1. The van der Waals surface area contributed by atoms with Crippen LogP contribution in [0.3, 0.4) is 0 Å². The van der Waals surface area contributed by atoms with E-state index in [-0.39, 0.29) is 17.0 Å². The van der Waals surface area contributed by atoms with Gasteiger partial charge in [0.15, 0.2) is 11.6 Å². The lowest BCUT2D eigenvalue weighted by atomic mass is 10.0. The molecule has 8 heteroatoms. The van der Waals surface area contributed by atoms with E-state index in [0.717, 1.165) is 17.0 Å². The van der Waals surface area contributed by atoms with Gasteiger partial charge in [0.1, 0.15) is 11.4 Å². The normalized spacial score (nSPS) is 13.7. The maximum Gasteiger partial charge on any atom is 0.282 e. The van der Waals surface area contributed by atoms with Crippen molar-refractivity contribution in [3.63, 3.8) is 0 Å². The van der Waals surface area contributed by atoms with Crippen molar-refractivity contribution in [1.82, 2.24) is 0 Å². The SMILES string of the molecule is COc1ccccc1C1=C(Nc2cccc(Cl)c2C)C(=O)N(c2ccc(F)c(F)c2)C1=O. The van der Waals surface area contributed by atoms with E-state index in [1.165, 1.54) is 13.2 Å². The molecule has 1 aliphatic heterocycles. The number of nitrogens with one attached hydrogen (secondary N) is 1. The largest absolute Gasteiger partial charge is 0.496 e. The third-order valence-corrected chi connectivity index (χ3v) is 5.56. The molecule has 3 aromatic rings. The van der Waals surface area contributed by atoms with Gasteiger partial charge in [0.25, 0.3) is 11.8 Å². The average Bonchev–Trinajstić information content (AvgIpc) is 3.02. The number of imide groups is 1. The first-order valence-electron chi connectivity index (χ1n) is 9.57. The Balaban J connectivity index is 1.89. The van der Waals surface area contributed by atoms with Crippen LogP contribution in [-0.4, -0.2) is 18.9 Å². The summed E-state index contributed by atoms with van der Waals surface area (Å²) in [6, 6.07) is 14.7. The molecular weight excluding hydrogens is 438 g/mol. The Hall–Kier alpha value is -3.71. The first kappa shape index (κ1) is 21.5. The summed E-state index contributed by atoms with van der Waals surface area (Å²) < 4.78 is 32.7. The van der Waals surface area contributed by atoms with Gasteiger partial charge in [-0.2, -0.15) is 0 Å². The standard InChI is InChI=1S/C24H17ClF2N2O3/c1-13-16(25)7-5-8-19(13)28-22-21(15-6-3-4-9-20(15)32-2)23(30)29(24(22)31)14-10-11-17(26)18(27)12-14/h3-12,28H,1-2H3. The Morgan fingerprint density at radius 3 is 2.41 bits per heavy atom. The number of amides is 2. The molecule has 5 nitrogen and oxygen atoms in total. The molecular formula is C24H17ClF2N2O3. The smallest absolute Gasteiger partial charge is 0.282 e. The molecule has 1 N–H and O–H groups in total. The number of halogens is 3. The molecule has 1 aliphatic rings. The van der Waals surface area contributed by atoms with Gasteiger partial charge in [-0.1, -0.05) is 35.9 Å². The van der Waals surface area contributed by atoms with Gasteiger partial charge in [-0.05, 0) is 42.8 Å². The number of hydrogen-bond donors (Lipinski definition) is 1. The van der Waals surface area contributed by atoms with Crippen LogP contribution in [-0.2, 0) is 9.59 Å². The van der Waals surface area contributed by atoms with E-state index < -0.39 is 23.4 Å². The van der Waals surface area contributed by atoms with Crippen LogP contribution in [0.1, 0.15) is 11.1 Å². The molecule has 2 amide bonds. The minimum Gasteiger partial charge on any atom is -0.496 e. The first-order valence-corrected chi connectivity index (χ1v) is 9.95. The summed E-state index contributed by atoms with van der Waals surface area (Å²) in [4.78, 5) is 27.6. The maximum absolute atomic E-state index is 13.9. The first-order chi connectivity index (χ1) is 15.3. The number of anilines is 2. The minimum atomic E-state index is -1.17. The van der Waals surface area contributed by atoms with Crippen molar-refractivity contribution < 1.29 is 23.1 Å². The molecule has 162 valence electrons. The van der Waals surface area contributed by atoms with Crippen LogP contribution in [0.4, 0.5) is 20.2 Å². The predicted octanol–water partition coefficient (Wildman–Crippen LogP) is 5.33. The van der Waals surface area contributed by atoms with Crippen molar-refractivity contribution in [3.05, 3.63) is 94.1 Å². The van der Waals surface area contributed by atoms with Crippen LogP contribution in [0.5, 0.6) is 5.75 Å². The summed E-state index contributed by atoms with van der Waals surface area (Å²) in [6.07, 6.45) is 0. The van der Waals surface area contributed by atoms with Crippen molar-refractivity contribution >= 4 is 40.4 Å².